The maximum Gasteiger partial charge on any atom is 0.132 e. The highest BCUT2D eigenvalue weighted by molar-refractivity contribution is 7.10. The van der Waals surface area contributed by atoms with Crippen LogP contribution in [0.5, 0.6) is 5.75 Å². The van der Waals surface area contributed by atoms with E-state index >= 15 is 0 Å². The first kappa shape index (κ1) is 14.0. The molecule has 1 atom stereocenters. The number of nitrogens with one attached hydrogen (secondary N) is 1. The van der Waals surface area contributed by atoms with Crippen molar-refractivity contribution in [2.24, 2.45) is 0 Å². The fourth-order valence-electron chi connectivity index (χ4n) is 2.19. The van der Waals surface area contributed by atoms with E-state index in [0.29, 0.717) is 11.3 Å². The van der Waals surface area contributed by atoms with Crippen molar-refractivity contribution in [3.05, 3.63) is 51.5 Å². The van der Waals surface area contributed by atoms with Crippen molar-refractivity contribution < 1.29 is 9.13 Å². The van der Waals surface area contributed by atoms with Crippen molar-refractivity contribution in [1.29, 1.82) is 0 Å². The van der Waals surface area contributed by atoms with Crippen molar-refractivity contribution in [3.63, 3.8) is 0 Å². The molecule has 2 rings (SSSR count). The summed E-state index contributed by atoms with van der Waals surface area (Å²) in [6, 6.07) is 7.00. The van der Waals surface area contributed by atoms with Crippen LogP contribution in [0.1, 0.15) is 29.0 Å². The van der Waals surface area contributed by atoms with E-state index in [4.69, 9.17) is 4.74 Å². The van der Waals surface area contributed by atoms with Crippen molar-refractivity contribution in [3.8, 4) is 5.75 Å². The summed E-state index contributed by atoms with van der Waals surface area (Å²) >= 11 is 1.66. The first-order chi connectivity index (χ1) is 9.21. The van der Waals surface area contributed by atoms with Crippen LogP contribution in [0.4, 0.5) is 4.39 Å². The minimum Gasteiger partial charge on any atom is -0.497 e. The molecule has 1 aromatic carbocycles. The molecule has 1 N–H and O–H groups in total. The first-order valence-electron chi connectivity index (χ1n) is 6.28. The van der Waals surface area contributed by atoms with E-state index in [-0.39, 0.29) is 11.9 Å². The predicted octanol–water partition coefficient (Wildman–Crippen LogP) is 3.77. The topological polar surface area (TPSA) is 21.3 Å². The number of ether oxygens (including phenoxy) is 1. The van der Waals surface area contributed by atoms with Crippen molar-refractivity contribution in [2.45, 2.75) is 19.4 Å². The third kappa shape index (κ3) is 2.80. The van der Waals surface area contributed by atoms with Crippen LogP contribution in [-0.2, 0) is 6.42 Å². The standard InChI is InChI=1S/C15H18FNOS/c1-4-10-7-8-19-15(10)14(17-2)12-6-5-11(18-3)9-13(12)16/h5-9,14,17H,4H2,1-3H3. The van der Waals surface area contributed by atoms with E-state index < -0.39 is 0 Å². The number of rotatable bonds is 5. The van der Waals surface area contributed by atoms with Gasteiger partial charge in [-0.15, -0.1) is 11.3 Å². The van der Waals surface area contributed by atoms with Gasteiger partial charge in [0, 0.05) is 16.5 Å². The molecule has 2 nitrogen and oxygen atoms in total. The van der Waals surface area contributed by atoms with E-state index in [9.17, 15) is 4.39 Å². The van der Waals surface area contributed by atoms with Crippen LogP contribution in [0, 0.1) is 5.82 Å². The number of benzene rings is 1. The number of halogens is 1. The van der Waals surface area contributed by atoms with Gasteiger partial charge in [0.1, 0.15) is 11.6 Å². The molecule has 4 heteroatoms. The van der Waals surface area contributed by atoms with Gasteiger partial charge in [0.25, 0.3) is 0 Å². The molecular weight excluding hydrogens is 261 g/mol. The van der Waals surface area contributed by atoms with Gasteiger partial charge in [0.2, 0.25) is 0 Å². The van der Waals surface area contributed by atoms with Gasteiger partial charge in [0.05, 0.1) is 13.2 Å². The SMILES string of the molecule is CCc1ccsc1C(NC)c1ccc(OC)cc1F. The fourth-order valence-corrected chi connectivity index (χ4v) is 3.31. The molecular formula is C15H18FNOS. The highest BCUT2D eigenvalue weighted by Gasteiger charge is 2.20. The fraction of sp³-hybridized carbons (Fsp3) is 0.333. The largest absolute Gasteiger partial charge is 0.497 e. The van der Waals surface area contributed by atoms with Crippen molar-refractivity contribution in [2.75, 3.05) is 14.2 Å². The number of hydrogen-bond donors (Lipinski definition) is 1. The molecule has 0 saturated heterocycles. The second kappa shape index (κ2) is 6.17. The Bertz CT molecular complexity index is 553. The zero-order valence-electron chi connectivity index (χ0n) is 11.4. The second-order valence-corrected chi connectivity index (χ2v) is 5.22. The minimum atomic E-state index is -0.242. The molecule has 0 radical (unpaired) electrons. The Morgan fingerprint density at radius 1 is 1.37 bits per heavy atom. The average molecular weight is 279 g/mol. The van der Waals surface area contributed by atoms with Crippen LogP contribution in [-0.4, -0.2) is 14.2 Å². The molecule has 0 aliphatic rings. The van der Waals surface area contributed by atoms with Gasteiger partial charge >= 0.3 is 0 Å². The Kier molecular flexibility index (Phi) is 4.56. The van der Waals surface area contributed by atoms with E-state index in [1.807, 2.05) is 7.05 Å². The van der Waals surface area contributed by atoms with Gasteiger partial charge in [-0.05, 0) is 36.5 Å². The lowest BCUT2D eigenvalue weighted by molar-refractivity contribution is 0.410. The van der Waals surface area contributed by atoms with Gasteiger partial charge in [-0.1, -0.05) is 13.0 Å². The summed E-state index contributed by atoms with van der Waals surface area (Å²) in [6.45, 7) is 2.11. The van der Waals surface area contributed by atoms with Crippen molar-refractivity contribution >= 4 is 11.3 Å². The minimum absolute atomic E-state index is 0.110. The maximum absolute atomic E-state index is 14.2. The van der Waals surface area contributed by atoms with Gasteiger partial charge in [-0.2, -0.15) is 0 Å². The molecule has 2 aromatic rings. The summed E-state index contributed by atoms with van der Waals surface area (Å²) in [4.78, 5) is 1.18. The van der Waals surface area contributed by atoms with Crippen LogP contribution >= 0.6 is 11.3 Å². The number of thiophene rings is 1. The maximum atomic E-state index is 14.2. The molecule has 19 heavy (non-hydrogen) atoms. The number of aryl methyl sites for hydroxylation is 1. The molecule has 0 saturated carbocycles. The van der Waals surface area contributed by atoms with Gasteiger partial charge in [-0.3, -0.25) is 0 Å². The van der Waals surface area contributed by atoms with E-state index in [2.05, 4.69) is 23.7 Å². The second-order valence-electron chi connectivity index (χ2n) is 4.27. The lowest BCUT2D eigenvalue weighted by atomic mass is 10.0. The summed E-state index contributed by atoms with van der Waals surface area (Å²) in [5.74, 6) is 0.298. The van der Waals surface area contributed by atoms with Crippen LogP contribution in [0.25, 0.3) is 0 Å². The average Bonchev–Trinajstić information content (AvgIpc) is 2.89. The molecule has 1 aromatic heterocycles. The molecule has 0 amide bonds. The third-order valence-electron chi connectivity index (χ3n) is 3.23. The lowest BCUT2D eigenvalue weighted by Gasteiger charge is -2.18. The van der Waals surface area contributed by atoms with Gasteiger partial charge < -0.3 is 10.1 Å². The normalized spacial score (nSPS) is 12.4. The Labute approximate surface area is 117 Å². The molecule has 0 aliphatic carbocycles. The molecule has 0 fully saturated rings. The predicted molar refractivity (Wildman–Crippen MR) is 77.6 cm³/mol. The monoisotopic (exact) mass is 279 g/mol. The summed E-state index contributed by atoms with van der Waals surface area (Å²) in [5, 5.41) is 5.26. The third-order valence-corrected chi connectivity index (χ3v) is 4.26. The molecule has 0 bridgehead atoms. The smallest absolute Gasteiger partial charge is 0.132 e. The molecule has 0 aliphatic heterocycles. The zero-order chi connectivity index (χ0) is 13.8. The Hall–Kier alpha value is -1.39. The Morgan fingerprint density at radius 2 is 2.16 bits per heavy atom. The highest BCUT2D eigenvalue weighted by atomic mass is 32.1. The van der Waals surface area contributed by atoms with E-state index in [0.717, 1.165) is 6.42 Å². The number of hydrogen-bond acceptors (Lipinski definition) is 3. The van der Waals surface area contributed by atoms with Crippen molar-refractivity contribution in [1.82, 2.24) is 5.32 Å². The molecule has 0 spiro atoms. The lowest BCUT2D eigenvalue weighted by Crippen LogP contribution is -2.19. The number of methoxy groups -OCH3 is 1. The summed E-state index contributed by atoms with van der Waals surface area (Å²) in [5.41, 5.74) is 1.92. The first-order valence-corrected chi connectivity index (χ1v) is 7.16. The van der Waals surface area contributed by atoms with Gasteiger partial charge in [0.15, 0.2) is 0 Å². The zero-order valence-corrected chi connectivity index (χ0v) is 12.2. The van der Waals surface area contributed by atoms with Crippen LogP contribution in [0.15, 0.2) is 29.6 Å². The van der Waals surface area contributed by atoms with Crippen LogP contribution < -0.4 is 10.1 Å². The molecule has 1 unspecified atom stereocenters. The van der Waals surface area contributed by atoms with Gasteiger partial charge in [-0.25, -0.2) is 4.39 Å². The summed E-state index contributed by atoms with van der Waals surface area (Å²) < 4.78 is 19.2. The Morgan fingerprint density at radius 3 is 2.74 bits per heavy atom. The molecule has 1 heterocycles. The van der Waals surface area contributed by atoms with Crippen LogP contribution in [0.2, 0.25) is 0 Å². The summed E-state index contributed by atoms with van der Waals surface area (Å²) in [6.07, 6.45) is 0.953. The molecule has 102 valence electrons. The highest BCUT2D eigenvalue weighted by Crippen LogP contribution is 2.32. The van der Waals surface area contributed by atoms with E-state index in [1.54, 1.807) is 30.6 Å². The Balaban J connectivity index is 2.42. The van der Waals surface area contributed by atoms with Crippen LogP contribution in [0.3, 0.4) is 0 Å². The summed E-state index contributed by atoms with van der Waals surface area (Å²) in [7, 11) is 3.39. The quantitative estimate of drug-likeness (QED) is 0.899. The van der Waals surface area contributed by atoms with E-state index in [1.165, 1.54) is 16.5 Å².